The Kier molecular flexibility index (Phi) is 6.89. The highest BCUT2D eigenvalue weighted by Gasteiger charge is 2.26. The Morgan fingerprint density at radius 2 is 2.21 bits per heavy atom. The molecule has 2 aromatic rings. The average molecular weight is 396 g/mol. The molecule has 0 aliphatic heterocycles. The Bertz CT molecular complexity index is 906. The number of benzene rings is 1. The topological polar surface area (TPSA) is 97.8 Å². The van der Waals surface area contributed by atoms with E-state index in [4.69, 9.17) is 10.5 Å². The minimum absolute atomic E-state index is 0.248. The number of nitrogens with one attached hydrogen (secondary N) is 1. The Balaban J connectivity index is 1.78. The van der Waals surface area contributed by atoms with Crippen LogP contribution in [0.15, 0.2) is 46.8 Å². The van der Waals surface area contributed by atoms with Crippen LogP contribution in [-0.2, 0) is 0 Å². The van der Waals surface area contributed by atoms with E-state index in [0.717, 1.165) is 24.8 Å². The van der Waals surface area contributed by atoms with Gasteiger partial charge in [0.2, 0.25) is 5.96 Å². The van der Waals surface area contributed by atoms with Crippen molar-refractivity contribution in [1.29, 1.82) is 0 Å². The van der Waals surface area contributed by atoms with E-state index < -0.39 is 5.82 Å². The summed E-state index contributed by atoms with van der Waals surface area (Å²) in [7, 11) is 0. The van der Waals surface area contributed by atoms with Crippen LogP contribution in [0.25, 0.3) is 11.3 Å². The second-order valence-corrected chi connectivity index (χ2v) is 6.67. The number of aromatic nitrogens is 2. The van der Waals surface area contributed by atoms with Gasteiger partial charge in [0, 0.05) is 17.3 Å². The number of nitrogen functional groups attached to an aromatic ring is 1. The van der Waals surface area contributed by atoms with Crippen LogP contribution in [0.4, 0.5) is 10.2 Å². The monoisotopic (exact) mass is 396 g/mol. The van der Waals surface area contributed by atoms with Gasteiger partial charge in [-0.3, -0.25) is 4.98 Å². The fraction of sp³-hybridized carbons (Fsp3) is 0.333. The van der Waals surface area contributed by atoms with Crippen molar-refractivity contribution >= 4 is 18.5 Å². The van der Waals surface area contributed by atoms with Crippen LogP contribution in [0.3, 0.4) is 0 Å². The van der Waals surface area contributed by atoms with Crippen molar-refractivity contribution in [3.8, 4) is 17.0 Å². The van der Waals surface area contributed by atoms with Gasteiger partial charge in [0.05, 0.1) is 24.6 Å². The molecule has 1 saturated carbocycles. The lowest BCUT2D eigenvalue weighted by atomic mass is 9.79. The number of hydrogen-bond donors (Lipinski definition) is 2. The molecule has 1 aliphatic carbocycles. The molecule has 1 fully saturated rings. The molecule has 3 N–H and O–H groups in total. The van der Waals surface area contributed by atoms with E-state index in [1.807, 2.05) is 13.0 Å². The van der Waals surface area contributed by atoms with Gasteiger partial charge in [0.15, 0.2) is 11.6 Å². The van der Waals surface area contributed by atoms with Gasteiger partial charge in [0.1, 0.15) is 12.4 Å². The van der Waals surface area contributed by atoms with Crippen molar-refractivity contribution in [1.82, 2.24) is 15.3 Å². The number of ether oxygens (including phenoxy) is 1. The van der Waals surface area contributed by atoms with Gasteiger partial charge in [-0.1, -0.05) is 18.6 Å². The summed E-state index contributed by atoms with van der Waals surface area (Å²) in [5.74, 6) is 0.830. The molecule has 1 aromatic heterocycles. The Labute approximate surface area is 169 Å². The number of rotatable bonds is 7. The Morgan fingerprint density at radius 1 is 1.38 bits per heavy atom. The molecule has 1 aromatic carbocycles. The van der Waals surface area contributed by atoms with Gasteiger partial charge in [-0.2, -0.15) is 0 Å². The predicted molar refractivity (Wildman–Crippen MR) is 114 cm³/mol. The number of anilines is 1. The molecule has 3 rings (SSSR count). The van der Waals surface area contributed by atoms with E-state index in [2.05, 4.69) is 32.0 Å². The zero-order valence-corrected chi connectivity index (χ0v) is 16.4. The van der Waals surface area contributed by atoms with E-state index in [1.165, 1.54) is 12.4 Å². The number of hydrogen-bond acceptors (Lipinski definition) is 5. The summed E-state index contributed by atoms with van der Waals surface area (Å²) in [6, 6.07) is 3.66. The van der Waals surface area contributed by atoms with Gasteiger partial charge in [-0.05, 0) is 38.5 Å². The van der Waals surface area contributed by atoms with Crippen LogP contribution in [0.1, 0.15) is 37.7 Å². The Morgan fingerprint density at radius 3 is 2.83 bits per heavy atom. The quantitative estimate of drug-likeness (QED) is 0.423. The Hall–Kier alpha value is -3.29. The highest BCUT2D eigenvalue weighted by molar-refractivity contribution is 5.84. The van der Waals surface area contributed by atoms with E-state index >= 15 is 4.39 Å². The third-order valence-electron chi connectivity index (χ3n) is 4.75. The van der Waals surface area contributed by atoms with Crippen molar-refractivity contribution in [3.63, 3.8) is 0 Å². The zero-order chi connectivity index (χ0) is 20.6. The maximum absolute atomic E-state index is 15.4. The summed E-state index contributed by atoms with van der Waals surface area (Å²) in [6.45, 7) is 5.99. The molecular formula is C21H25FN6O. The lowest BCUT2D eigenvalue weighted by Gasteiger charge is -2.28. The van der Waals surface area contributed by atoms with E-state index in [0.29, 0.717) is 29.7 Å². The minimum atomic E-state index is -0.432. The molecular weight excluding hydrogens is 371 g/mol. The number of aliphatic imine (C=N–C) groups is 2. The van der Waals surface area contributed by atoms with Crippen LogP contribution in [0, 0.1) is 5.82 Å². The summed E-state index contributed by atoms with van der Waals surface area (Å²) in [5.41, 5.74) is 7.23. The highest BCUT2D eigenvalue weighted by atomic mass is 19.1. The SMILES string of the molecule is C=N/C(=N\C=C/C)NCCOc1c(C2CCC2)ccc(-c2cnc(N)cn2)c1F. The summed E-state index contributed by atoms with van der Waals surface area (Å²) in [5, 5.41) is 3.01. The fourth-order valence-electron chi connectivity index (χ4n) is 3.04. The molecule has 0 bridgehead atoms. The highest BCUT2D eigenvalue weighted by Crippen LogP contribution is 2.43. The van der Waals surface area contributed by atoms with Crippen LogP contribution < -0.4 is 15.8 Å². The maximum Gasteiger partial charge on any atom is 0.222 e. The van der Waals surface area contributed by atoms with Gasteiger partial charge in [-0.15, -0.1) is 0 Å². The molecule has 0 amide bonds. The van der Waals surface area contributed by atoms with Crippen molar-refractivity contribution in [2.24, 2.45) is 9.98 Å². The number of nitrogens with two attached hydrogens (primary N) is 1. The molecule has 152 valence electrons. The summed E-state index contributed by atoms with van der Waals surface area (Å²) in [4.78, 5) is 16.1. The van der Waals surface area contributed by atoms with E-state index in [1.54, 1.807) is 18.3 Å². The molecule has 1 heterocycles. The standard InChI is InChI=1S/C21H25FN6O/c1-3-9-25-21(24-2)26-10-11-29-20-15(14-5-4-6-14)7-8-16(19(20)22)17-12-28-18(23)13-27-17/h3,7-9,12-14H,2,4-6,10-11H2,1H3,(H2,23,28)(H,25,26)/b9-3-. The van der Waals surface area contributed by atoms with Crippen molar-refractivity contribution in [2.75, 3.05) is 18.9 Å². The second kappa shape index (κ2) is 9.77. The molecule has 29 heavy (non-hydrogen) atoms. The fourth-order valence-corrected chi connectivity index (χ4v) is 3.04. The number of guanidine groups is 1. The number of halogens is 1. The summed E-state index contributed by atoms with van der Waals surface area (Å²) < 4.78 is 21.2. The van der Waals surface area contributed by atoms with Crippen LogP contribution in [0.2, 0.25) is 0 Å². The first-order valence-electron chi connectivity index (χ1n) is 9.56. The predicted octanol–water partition coefficient (Wildman–Crippen LogP) is 3.69. The van der Waals surface area contributed by atoms with Crippen LogP contribution in [-0.4, -0.2) is 35.8 Å². The van der Waals surface area contributed by atoms with Crippen LogP contribution in [0.5, 0.6) is 5.75 Å². The molecule has 8 heteroatoms. The third-order valence-corrected chi connectivity index (χ3v) is 4.75. The lowest BCUT2D eigenvalue weighted by Crippen LogP contribution is -2.27. The normalized spacial score (nSPS) is 14.6. The van der Waals surface area contributed by atoms with Gasteiger partial charge in [-0.25, -0.2) is 19.4 Å². The van der Waals surface area contributed by atoms with Gasteiger partial charge in [0.25, 0.3) is 0 Å². The zero-order valence-electron chi connectivity index (χ0n) is 16.4. The molecule has 7 nitrogen and oxygen atoms in total. The number of nitrogens with zero attached hydrogens (tertiary/aromatic N) is 4. The van der Waals surface area contributed by atoms with Crippen molar-refractivity contribution in [3.05, 3.63) is 48.2 Å². The molecule has 1 aliphatic rings. The maximum atomic E-state index is 15.4. The first kappa shape index (κ1) is 20.4. The summed E-state index contributed by atoms with van der Waals surface area (Å²) >= 11 is 0. The average Bonchev–Trinajstić information content (AvgIpc) is 2.69. The minimum Gasteiger partial charge on any atom is -0.488 e. The molecule has 0 atom stereocenters. The number of allylic oxidation sites excluding steroid dienone is 1. The van der Waals surface area contributed by atoms with E-state index in [9.17, 15) is 0 Å². The molecule has 0 unspecified atom stereocenters. The first-order chi connectivity index (χ1) is 14.1. The smallest absolute Gasteiger partial charge is 0.222 e. The van der Waals surface area contributed by atoms with Gasteiger partial charge < -0.3 is 15.8 Å². The van der Waals surface area contributed by atoms with Gasteiger partial charge >= 0.3 is 0 Å². The third kappa shape index (κ3) is 4.96. The largest absolute Gasteiger partial charge is 0.488 e. The van der Waals surface area contributed by atoms with Crippen molar-refractivity contribution < 1.29 is 9.13 Å². The molecule has 0 radical (unpaired) electrons. The van der Waals surface area contributed by atoms with E-state index in [-0.39, 0.29) is 18.2 Å². The molecule has 0 saturated heterocycles. The van der Waals surface area contributed by atoms with Crippen LogP contribution >= 0.6 is 0 Å². The molecule has 0 spiro atoms. The summed E-state index contributed by atoms with van der Waals surface area (Å²) in [6.07, 6.45) is 9.49. The lowest BCUT2D eigenvalue weighted by molar-refractivity contribution is 0.293. The van der Waals surface area contributed by atoms with Crippen molar-refractivity contribution in [2.45, 2.75) is 32.1 Å². The first-order valence-corrected chi connectivity index (χ1v) is 9.56. The second-order valence-electron chi connectivity index (χ2n) is 6.67.